The molecule has 0 amide bonds. The standard InChI is InChI=1S/C13H24N4/c1-10(2)13(3,4)9-16-12-6-8-15-11(17-12)5-7-14/h6,8,10H,5,7,9,14H2,1-4H3,(H,15,16,17). The Balaban J connectivity index is 2.60. The summed E-state index contributed by atoms with van der Waals surface area (Å²) in [7, 11) is 0. The topological polar surface area (TPSA) is 63.8 Å². The normalized spacial score (nSPS) is 11.9. The lowest BCUT2D eigenvalue weighted by Crippen LogP contribution is -2.28. The van der Waals surface area contributed by atoms with Crippen molar-refractivity contribution < 1.29 is 0 Å². The van der Waals surface area contributed by atoms with Crippen molar-refractivity contribution in [2.24, 2.45) is 17.1 Å². The average molecular weight is 236 g/mol. The minimum absolute atomic E-state index is 0.249. The van der Waals surface area contributed by atoms with Crippen molar-refractivity contribution in [3.05, 3.63) is 18.1 Å². The molecule has 0 saturated heterocycles. The molecule has 0 unspecified atom stereocenters. The molecule has 1 aromatic rings. The molecule has 1 rings (SSSR count). The second-order valence-corrected chi connectivity index (χ2v) is 5.39. The SMILES string of the molecule is CC(C)C(C)(C)CNc1ccnc(CCN)n1. The summed E-state index contributed by atoms with van der Waals surface area (Å²) in [5.41, 5.74) is 5.74. The van der Waals surface area contributed by atoms with Crippen LogP contribution >= 0.6 is 0 Å². The number of nitrogens with zero attached hydrogens (tertiary/aromatic N) is 2. The van der Waals surface area contributed by atoms with Crippen LogP contribution in [0.1, 0.15) is 33.5 Å². The van der Waals surface area contributed by atoms with Crippen LogP contribution in [0.2, 0.25) is 0 Å². The van der Waals surface area contributed by atoms with E-state index in [9.17, 15) is 0 Å². The second-order valence-electron chi connectivity index (χ2n) is 5.39. The van der Waals surface area contributed by atoms with Gasteiger partial charge < -0.3 is 11.1 Å². The first-order valence-electron chi connectivity index (χ1n) is 6.21. The Bertz CT molecular complexity index is 347. The van der Waals surface area contributed by atoms with E-state index in [1.54, 1.807) is 6.20 Å². The predicted octanol–water partition coefficient (Wildman–Crippen LogP) is 2.07. The first-order chi connectivity index (χ1) is 7.95. The van der Waals surface area contributed by atoms with Gasteiger partial charge in [-0.05, 0) is 23.9 Å². The van der Waals surface area contributed by atoms with E-state index in [0.29, 0.717) is 12.5 Å². The maximum atomic E-state index is 5.49. The van der Waals surface area contributed by atoms with Crippen molar-refractivity contribution in [3.63, 3.8) is 0 Å². The van der Waals surface area contributed by atoms with E-state index >= 15 is 0 Å². The van der Waals surface area contributed by atoms with Crippen LogP contribution in [-0.2, 0) is 6.42 Å². The van der Waals surface area contributed by atoms with Gasteiger partial charge in [0.2, 0.25) is 0 Å². The summed E-state index contributed by atoms with van der Waals surface area (Å²) in [6.45, 7) is 10.5. The zero-order valence-electron chi connectivity index (χ0n) is 11.3. The van der Waals surface area contributed by atoms with E-state index in [4.69, 9.17) is 5.73 Å². The number of nitrogens with one attached hydrogen (secondary N) is 1. The van der Waals surface area contributed by atoms with Gasteiger partial charge in [-0.3, -0.25) is 0 Å². The van der Waals surface area contributed by atoms with Crippen molar-refractivity contribution in [3.8, 4) is 0 Å². The monoisotopic (exact) mass is 236 g/mol. The molecular formula is C13H24N4. The lowest BCUT2D eigenvalue weighted by molar-refractivity contribution is 0.269. The van der Waals surface area contributed by atoms with Gasteiger partial charge in [0.1, 0.15) is 11.6 Å². The minimum Gasteiger partial charge on any atom is -0.369 e. The third kappa shape index (κ3) is 4.30. The highest BCUT2D eigenvalue weighted by molar-refractivity contribution is 5.33. The summed E-state index contributed by atoms with van der Waals surface area (Å²) < 4.78 is 0. The summed E-state index contributed by atoms with van der Waals surface area (Å²) >= 11 is 0. The molecule has 4 heteroatoms. The fourth-order valence-corrected chi connectivity index (χ4v) is 1.27. The molecule has 0 aliphatic rings. The summed E-state index contributed by atoms with van der Waals surface area (Å²) in [5.74, 6) is 2.32. The van der Waals surface area contributed by atoms with Crippen molar-refractivity contribution in [1.82, 2.24) is 9.97 Å². The molecule has 0 spiro atoms. The highest BCUT2D eigenvalue weighted by atomic mass is 15.0. The van der Waals surface area contributed by atoms with Gasteiger partial charge in [0.05, 0.1) is 0 Å². The third-order valence-corrected chi connectivity index (χ3v) is 3.36. The summed E-state index contributed by atoms with van der Waals surface area (Å²) in [5, 5.41) is 3.37. The molecule has 0 saturated carbocycles. The summed E-state index contributed by atoms with van der Waals surface area (Å²) in [6.07, 6.45) is 2.51. The average Bonchev–Trinajstić information content (AvgIpc) is 2.27. The van der Waals surface area contributed by atoms with Crippen LogP contribution in [0.3, 0.4) is 0 Å². The number of aromatic nitrogens is 2. The zero-order valence-corrected chi connectivity index (χ0v) is 11.3. The van der Waals surface area contributed by atoms with E-state index < -0.39 is 0 Å². The van der Waals surface area contributed by atoms with Crippen LogP contribution in [0.5, 0.6) is 0 Å². The Labute approximate surface area is 104 Å². The Morgan fingerprint density at radius 2 is 2.12 bits per heavy atom. The minimum atomic E-state index is 0.249. The molecule has 0 bridgehead atoms. The molecule has 0 aliphatic heterocycles. The molecule has 3 N–H and O–H groups in total. The molecule has 17 heavy (non-hydrogen) atoms. The quantitative estimate of drug-likeness (QED) is 0.793. The number of hydrogen-bond acceptors (Lipinski definition) is 4. The maximum Gasteiger partial charge on any atom is 0.131 e. The lowest BCUT2D eigenvalue weighted by atomic mass is 9.81. The first-order valence-corrected chi connectivity index (χ1v) is 6.21. The van der Waals surface area contributed by atoms with Crippen molar-refractivity contribution in [2.75, 3.05) is 18.4 Å². The Hall–Kier alpha value is -1.16. The van der Waals surface area contributed by atoms with Crippen LogP contribution in [0.15, 0.2) is 12.3 Å². The van der Waals surface area contributed by atoms with Crippen LogP contribution < -0.4 is 11.1 Å². The van der Waals surface area contributed by atoms with Gasteiger partial charge in [0.25, 0.3) is 0 Å². The van der Waals surface area contributed by atoms with Gasteiger partial charge in [0.15, 0.2) is 0 Å². The van der Waals surface area contributed by atoms with E-state index in [1.807, 2.05) is 6.07 Å². The van der Waals surface area contributed by atoms with Gasteiger partial charge >= 0.3 is 0 Å². The molecule has 1 aromatic heterocycles. The van der Waals surface area contributed by atoms with Gasteiger partial charge in [-0.2, -0.15) is 0 Å². The fraction of sp³-hybridized carbons (Fsp3) is 0.692. The molecule has 0 aromatic carbocycles. The molecule has 0 fully saturated rings. The van der Waals surface area contributed by atoms with Crippen molar-refractivity contribution >= 4 is 5.82 Å². The van der Waals surface area contributed by atoms with E-state index in [0.717, 1.165) is 24.6 Å². The zero-order chi connectivity index (χ0) is 12.9. The van der Waals surface area contributed by atoms with Crippen LogP contribution in [0, 0.1) is 11.3 Å². The first kappa shape index (κ1) is 13.9. The third-order valence-electron chi connectivity index (χ3n) is 3.36. The highest BCUT2D eigenvalue weighted by Gasteiger charge is 2.21. The maximum absolute atomic E-state index is 5.49. The van der Waals surface area contributed by atoms with Crippen LogP contribution in [0.4, 0.5) is 5.82 Å². The van der Waals surface area contributed by atoms with Crippen molar-refractivity contribution in [2.45, 2.75) is 34.1 Å². The number of rotatable bonds is 6. The largest absolute Gasteiger partial charge is 0.369 e. The Morgan fingerprint density at radius 3 is 2.71 bits per heavy atom. The molecule has 4 nitrogen and oxygen atoms in total. The lowest BCUT2D eigenvalue weighted by Gasteiger charge is -2.29. The Morgan fingerprint density at radius 1 is 1.41 bits per heavy atom. The fourth-order valence-electron chi connectivity index (χ4n) is 1.27. The number of anilines is 1. The van der Waals surface area contributed by atoms with Crippen LogP contribution in [0.25, 0.3) is 0 Å². The predicted molar refractivity (Wildman–Crippen MR) is 71.9 cm³/mol. The molecule has 96 valence electrons. The smallest absolute Gasteiger partial charge is 0.131 e. The van der Waals surface area contributed by atoms with Gasteiger partial charge in [-0.15, -0.1) is 0 Å². The summed E-state index contributed by atoms with van der Waals surface area (Å²) in [6, 6.07) is 1.90. The van der Waals surface area contributed by atoms with E-state index in [2.05, 4.69) is 43.0 Å². The van der Waals surface area contributed by atoms with Crippen LogP contribution in [-0.4, -0.2) is 23.1 Å². The van der Waals surface area contributed by atoms with Crippen molar-refractivity contribution in [1.29, 1.82) is 0 Å². The molecule has 0 aliphatic carbocycles. The highest BCUT2D eigenvalue weighted by Crippen LogP contribution is 2.25. The molecular weight excluding hydrogens is 212 g/mol. The summed E-state index contributed by atoms with van der Waals surface area (Å²) in [4.78, 5) is 8.60. The Kier molecular flexibility index (Phi) is 4.87. The molecule has 0 radical (unpaired) electrons. The second kappa shape index (κ2) is 5.96. The van der Waals surface area contributed by atoms with E-state index in [1.165, 1.54) is 0 Å². The van der Waals surface area contributed by atoms with E-state index in [-0.39, 0.29) is 5.41 Å². The number of nitrogens with two attached hydrogens (primary N) is 1. The molecule has 1 heterocycles. The van der Waals surface area contributed by atoms with Gasteiger partial charge in [-0.25, -0.2) is 9.97 Å². The number of hydrogen-bond donors (Lipinski definition) is 2. The van der Waals surface area contributed by atoms with Gasteiger partial charge in [-0.1, -0.05) is 27.7 Å². The molecule has 0 atom stereocenters. The van der Waals surface area contributed by atoms with Gasteiger partial charge in [0, 0.05) is 19.2 Å².